The Kier molecular flexibility index (Phi) is 7.93. The van der Waals surface area contributed by atoms with E-state index in [1.54, 1.807) is 6.92 Å². The van der Waals surface area contributed by atoms with Crippen LogP contribution in [0.4, 0.5) is 0 Å². The number of aryl methyl sites for hydroxylation is 1. The van der Waals surface area contributed by atoms with Crippen LogP contribution in [0.5, 0.6) is 0 Å². The Morgan fingerprint density at radius 2 is 1.75 bits per heavy atom. The second kappa shape index (κ2) is 11.4. The van der Waals surface area contributed by atoms with Gasteiger partial charge in [-0.05, 0) is 25.8 Å². The molecular weight excluding hydrogens is 545 g/mol. The standard InChI is InChI=1S/C29H36N3O6PSi/c1-20-17-31(29(35)30-28(20)34)27-16-24(25(18-33)36-27)37-39-32-15-9-14-23(32)26(38-39)19-40(2,21-10-5-3-6-11-21)22-12-7-4-8-13-22/h3-8,10-13,17,23-27,33H,9,14-16,18-19H2,1-2H3,(H,30,34,35)/t23-,24+,25+,26+,27+,39+/m0/s1. The van der Waals surface area contributed by atoms with E-state index in [1.807, 2.05) is 0 Å². The van der Waals surface area contributed by atoms with Gasteiger partial charge in [0.05, 0.1) is 18.8 Å². The summed E-state index contributed by atoms with van der Waals surface area (Å²) in [6, 6.07) is 22.9. The SMILES string of the molecule is Cc1cn([C@H]2C[C@@H](O[P@]3O[C@H](C[Si](C)(c4ccccc4)c4ccccc4)[C@@H]4CCCN43)[C@@H](CO)O2)c(=O)[nH]c1=O. The van der Waals surface area contributed by atoms with Crippen LogP contribution in [-0.4, -0.2) is 64.9 Å². The smallest absolute Gasteiger partial charge is 0.330 e. The Hall–Kier alpha value is -2.43. The Balaban J connectivity index is 1.22. The van der Waals surface area contributed by atoms with E-state index >= 15 is 0 Å². The molecule has 3 aromatic rings. The number of nitrogens with one attached hydrogen (secondary N) is 1. The normalized spacial score (nSPS) is 28.7. The molecule has 9 nitrogen and oxygen atoms in total. The van der Waals surface area contributed by atoms with Crippen LogP contribution < -0.4 is 21.6 Å². The summed E-state index contributed by atoms with van der Waals surface area (Å²) in [5.74, 6) is 0. The van der Waals surface area contributed by atoms with Crippen LogP contribution in [0, 0.1) is 6.92 Å². The van der Waals surface area contributed by atoms with Crippen molar-refractivity contribution in [2.75, 3.05) is 13.2 Å². The zero-order valence-electron chi connectivity index (χ0n) is 22.8. The molecule has 0 aliphatic carbocycles. The maximum absolute atomic E-state index is 12.5. The molecular formula is C29H36N3O6PSi. The second-order valence-electron chi connectivity index (χ2n) is 11.2. The number of aromatic amines is 1. The van der Waals surface area contributed by atoms with Crippen LogP contribution >= 0.6 is 8.53 Å². The van der Waals surface area contributed by atoms with Gasteiger partial charge in [0.1, 0.15) is 20.4 Å². The number of ether oxygens (including phenoxy) is 1. The summed E-state index contributed by atoms with van der Waals surface area (Å²) in [7, 11) is -3.47. The summed E-state index contributed by atoms with van der Waals surface area (Å²) in [6.45, 7) is 4.76. The first-order valence-corrected chi connectivity index (χ1v) is 17.8. The topological polar surface area (TPSA) is 106 Å². The first-order chi connectivity index (χ1) is 19.4. The summed E-state index contributed by atoms with van der Waals surface area (Å²) < 4.78 is 23.2. The van der Waals surface area contributed by atoms with E-state index in [0.29, 0.717) is 18.0 Å². The highest BCUT2D eigenvalue weighted by atomic mass is 31.2. The van der Waals surface area contributed by atoms with Crippen molar-refractivity contribution in [2.24, 2.45) is 0 Å². The molecule has 212 valence electrons. The molecule has 3 fully saturated rings. The predicted octanol–water partition coefficient (Wildman–Crippen LogP) is 2.49. The highest BCUT2D eigenvalue weighted by molar-refractivity contribution is 7.45. The number of benzene rings is 2. The van der Waals surface area contributed by atoms with E-state index in [9.17, 15) is 14.7 Å². The molecule has 3 aliphatic rings. The minimum atomic E-state index is -2.12. The first-order valence-electron chi connectivity index (χ1n) is 14.0. The van der Waals surface area contributed by atoms with E-state index < -0.39 is 46.3 Å². The van der Waals surface area contributed by atoms with Gasteiger partial charge in [-0.3, -0.25) is 14.3 Å². The second-order valence-corrected chi connectivity index (χ2v) is 16.8. The van der Waals surface area contributed by atoms with Gasteiger partial charge in [-0.25, -0.2) is 9.46 Å². The third kappa shape index (κ3) is 5.18. The molecule has 0 amide bonds. The first kappa shape index (κ1) is 27.7. The zero-order valence-corrected chi connectivity index (χ0v) is 24.7. The average molecular weight is 582 g/mol. The lowest BCUT2D eigenvalue weighted by molar-refractivity contribution is -0.0429. The van der Waals surface area contributed by atoms with Crippen LogP contribution in [0.25, 0.3) is 0 Å². The minimum absolute atomic E-state index is 0.0425. The summed E-state index contributed by atoms with van der Waals surface area (Å²) in [5.41, 5.74) is -0.531. The van der Waals surface area contributed by atoms with Crippen LogP contribution in [0.1, 0.15) is 31.1 Å². The van der Waals surface area contributed by atoms with Gasteiger partial charge in [0, 0.05) is 30.8 Å². The average Bonchev–Trinajstić information content (AvgIpc) is 3.69. The van der Waals surface area contributed by atoms with Crippen molar-refractivity contribution >= 4 is 27.0 Å². The van der Waals surface area contributed by atoms with Crippen molar-refractivity contribution in [3.63, 3.8) is 0 Å². The van der Waals surface area contributed by atoms with Crippen molar-refractivity contribution in [3.8, 4) is 0 Å². The maximum atomic E-state index is 12.5. The molecule has 11 heteroatoms. The number of aliphatic hydroxyl groups is 1. The quantitative estimate of drug-likeness (QED) is 0.311. The molecule has 0 bridgehead atoms. The van der Waals surface area contributed by atoms with E-state index in [0.717, 1.165) is 25.4 Å². The number of rotatable bonds is 8. The highest BCUT2D eigenvalue weighted by Crippen LogP contribution is 2.58. The Morgan fingerprint density at radius 3 is 2.40 bits per heavy atom. The van der Waals surface area contributed by atoms with Crippen molar-refractivity contribution in [3.05, 3.63) is 93.3 Å². The number of nitrogens with zero attached hydrogens (tertiary/aromatic N) is 2. The van der Waals surface area contributed by atoms with Gasteiger partial charge in [0.15, 0.2) is 0 Å². The van der Waals surface area contributed by atoms with Crippen molar-refractivity contribution in [1.29, 1.82) is 0 Å². The molecule has 0 radical (unpaired) electrons. The van der Waals surface area contributed by atoms with Crippen molar-refractivity contribution < 1.29 is 18.9 Å². The fourth-order valence-electron chi connectivity index (χ4n) is 6.34. The van der Waals surface area contributed by atoms with Crippen molar-refractivity contribution in [2.45, 2.75) is 69.4 Å². The van der Waals surface area contributed by atoms with Crippen molar-refractivity contribution in [1.82, 2.24) is 14.2 Å². The lowest BCUT2D eigenvalue weighted by Crippen LogP contribution is -2.58. The number of hydrogen-bond acceptors (Lipinski definition) is 7. The molecule has 40 heavy (non-hydrogen) atoms. The summed E-state index contributed by atoms with van der Waals surface area (Å²) >= 11 is 0. The predicted molar refractivity (Wildman–Crippen MR) is 157 cm³/mol. The fourth-order valence-corrected chi connectivity index (χ4v) is 12.3. The van der Waals surface area contributed by atoms with E-state index in [-0.39, 0.29) is 12.7 Å². The Bertz CT molecular complexity index is 1400. The Morgan fingerprint density at radius 1 is 1.07 bits per heavy atom. The number of H-pyrrole nitrogens is 1. The van der Waals surface area contributed by atoms with Gasteiger partial charge in [0.2, 0.25) is 0 Å². The van der Waals surface area contributed by atoms with Gasteiger partial charge in [-0.2, -0.15) is 0 Å². The van der Waals surface area contributed by atoms with Gasteiger partial charge >= 0.3 is 5.69 Å². The van der Waals surface area contributed by atoms with Crippen LogP contribution in [0.3, 0.4) is 0 Å². The maximum Gasteiger partial charge on any atom is 0.330 e. The molecule has 6 atom stereocenters. The number of aliphatic hydroxyl groups excluding tert-OH is 1. The fraction of sp³-hybridized carbons (Fsp3) is 0.448. The van der Waals surface area contributed by atoms with Crippen LogP contribution in [0.15, 0.2) is 76.4 Å². The molecule has 2 N–H and O–H groups in total. The lowest BCUT2D eigenvalue weighted by Gasteiger charge is -2.32. The molecule has 6 rings (SSSR count). The van der Waals surface area contributed by atoms with Gasteiger partial charge in [-0.1, -0.05) is 77.6 Å². The minimum Gasteiger partial charge on any atom is -0.394 e. The highest BCUT2D eigenvalue weighted by Gasteiger charge is 2.51. The monoisotopic (exact) mass is 581 g/mol. The number of aromatic nitrogens is 2. The lowest BCUT2D eigenvalue weighted by atomic mass is 10.1. The summed E-state index contributed by atoms with van der Waals surface area (Å²) in [4.78, 5) is 26.7. The molecule has 3 aliphatic heterocycles. The number of fused-ring (bicyclic) bond motifs is 1. The van der Waals surface area contributed by atoms with Crippen LogP contribution in [0.2, 0.25) is 12.6 Å². The summed E-state index contributed by atoms with van der Waals surface area (Å²) in [6.07, 6.45) is 2.42. The van der Waals surface area contributed by atoms with Gasteiger partial charge in [-0.15, -0.1) is 0 Å². The van der Waals surface area contributed by atoms with E-state index in [1.165, 1.54) is 21.1 Å². The molecule has 0 saturated carbocycles. The van der Waals surface area contributed by atoms with E-state index in [2.05, 4.69) is 76.9 Å². The molecule has 3 saturated heterocycles. The summed E-state index contributed by atoms with van der Waals surface area (Å²) in [5, 5.41) is 12.9. The zero-order chi connectivity index (χ0) is 27.9. The third-order valence-corrected chi connectivity index (χ3v) is 14.9. The largest absolute Gasteiger partial charge is 0.394 e. The molecule has 0 unspecified atom stereocenters. The molecule has 2 aromatic carbocycles. The molecule has 1 aromatic heterocycles. The van der Waals surface area contributed by atoms with E-state index in [4.69, 9.17) is 13.8 Å². The van der Waals surface area contributed by atoms with Crippen LogP contribution in [-0.2, 0) is 13.8 Å². The molecule has 0 spiro atoms. The molecule has 4 heterocycles. The number of hydrogen-bond donors (Lipinski definition) is 2. The van der Waals surface area contributed by atoms with Gasteiger partial charge in [0.25, 0.3) is 14.1 Å². The van der Waals surface area contributed by atoms with Gasteiger partial charge < -0.3 is 18.9 Å². The Labute approximate surface area is 235 Å². The third-order valence-electron chi connectivity index (χ3n) is 8.61.